The highest BCUT2D eigenvalue weighted by atomic mass is 19.1. The van der Waals surface area contributed by atoms with Crippen LogP contribution in [-0.2, 0) is 5.41 Å². The fourth-order valence-electron chi connectivity index (χ4n) is 3.23. The first-order valence-corrected chi connectivity index (χ1v) is 10.3. The van der Waals surface area contributed by atoms with Crippen LogP contribution in [0, 0.1) is 5.82 Å². The van der Waals surface area contributed by atoms with Crippen molar-refractivity contribution in [2.24, 2.45) is 0 Å². The van der Waals surface area contributed by atoms with Gasteiger partial charge in [-0.3, -0.25) is 0 Å². The van der Waals surface area contributed by atoms with Gasteiger partial charge >= 0.3 is 6.03 Å². The van der Waals surface area contributed by atoms with E-state index in [0.717, 1.165) is 5.56 Å². The van der Waals surface area contributed by atoms with Crippen molar-refractivity contribution in [3.8, 4) is 17.3 Å². The molecule has 0 aliphatic heterocycles. The average molecular weight is 446 g/mol. The van der Waals surface area contributed by atoms with Crippen LogP contribution in [0.2, 0.25) is 0 Å². The number of carbonyl (C=O) groups excluding carboxylic acids is 1. The second-order valence-electron chi connectivity index (χ2n) is 8.29. The number of benzene rings is 2. The molecule has 0 unspecified atom stereocenters. The van der Waals surface area contributed by atoms with Crippen LogP contribution in [-0.4, -0.2) is 25.8 Å². The summed E-state index contributed by atoms with van der Waals surface area (Å²) < 4.78 is 21.8. The van der Waals surface area contributed by atoms with Crippen LogP contribution in [0.5, 0.6) is 11.6 Å². The quantitative estimate of drug-likeness (QED) is 0.420. The lowest BCUT2D eigenvalue weighted by atomic mass is 9.86. The summed E-state index contributed by atoms with van der Waals surface area (Å²) in [6.45, 7) is 6.27. The number of halogens is 1. The molecule has 2 aromatic heterocycles. The first-order valence-electron chi connectivity index (χ1n) is 10.3. The first-order chi connectivity index (χ1) is 15.8. The van der Waals surface area contributed by atoms with Crippen LogP contribution in [0.3, 0.4) is 0 Å². The molecular weight excluding hydrogens is 423 g/mol. The SMILES string of the molecule is CC(C)(C)c1ccccc1Oc1ncccc1NC(=O)Nc1ccc(-n2cncn2)c(F)c1. The van der Waals surface area contributed by atoms with Gasteiger partial charge in [-0.1, -0.05) is 39.0 Å². The molecule has 9 heteroatoms. The maximum Gasteiger partial charge on any atom is 0.323 e. The van der Waals surface area contributed by atoms with Crippen molar-refractivity contribution >= 4 is 17.4 Å². The fraction of sp³-hybridized carbons (Fsp3) is 0.167. The Kier molecular flexibility index (Phi) is 6.03. The fourth-order valence-corrected chi connectivity index (χ4v) is 3.23. The summed E-state index contributed by atoms with van der Waals surface area (Å²) in [5, 5.41) is 9.23. The Balaban J connectivity index is 1.50. The van der Waals surface area contributed by atoms with E-state index in [0.29, 0.717) is 11.4 Å². The third-order valence-electron chi connectivity index (χ3n) is 4.79. The average Bonchev–Trinajstić information content (AvgIpc) is 3.29. The minimum absolute atomic E-state index is 0.140. The summed E-state index contributed by atoms with van der Waals surface area (Å²) >= 11 is 0. The van der Waals surface area contributed by atoms with E-state index >= 15 is 0 Å². The summed E-state index contributed by atoms with van der Waals surface area (Å²) in [6.07, 6.45) is 4.28. The summed E-state index contributed by atoms with van der Waals surface area (Å²) in [6, 6.07) is 14.8. The molecule has 0 aliphatic carbocycles. The Morgan fingerprint density at radius 3 is 2.61 bits per heavy atom. The van der Waals surface area contributed by atoms with Crippen molar-refractivity contribution in [2.45, 2.75) is 26.2 Å². The van der Waals surface area contributed by atoms with Crippen molar-refractivity contribution in [1.82, 2.24) is 19.7 Å². The molecule has 0 radical (unpaired) electrons. The molecule has 8 nitrogen and oxygen atoms in total. The van der Waals surface area contributed by atoms with E-state index in [1.807, 2.05) is 24.3 Å². The van der Waals surface area contributed by atoms with Gasteiger partial charge in [0.25, 0.3) is 0 Å². The predicted molar refractivity (Wildman–Crippen MR) is 123 cm³/mol. The lowest BCUT2D eigenvalue weighted by Crippen LogP contribution is -2.20. The minimum Gasteiger partial charge on any atom is -0.437 e. The van der Waals surface area contributed by atoms with Crippen LogP contribution in [0.25, 0.3) is 5.69 Å². The van der Waals surface area contributed by atoms with E-state index in [9.17, 15) is 9.18 Å². The number of hydrogen-bond acceptors (Lipinski definition) is 5. The van der Waals surface area contributed by atoms with Crippen molar-refractivity contribution < 1.29 is 13.9 Å². The van der Waals surface area contributed by atoms with Gasteiger partial charge in [-0.2, -0.15) is 5.10 Å². The largest absolute Gasteiger partial charge is 0.437 e. The van der Waals surface area contributed by atoms with E-state index in [1.54, 1.807) is 24.4 Å². The molecule has 0 fully saturated rings. The molecule has 2 amide bonds. The number of anilines is 2. The molecule has 0 atom stereocenters. The number of amides is 2. The van der Waals surface area contributed by atoms with Crippen molar-refractivity contribution in [3.05, 3.63) is 84.8 Å². The monoisotopic (exact) mass is 446 g/mol. The number of rotatable bonds is 5. The van der Waals surface area contributed by atoms with Gasteiger partial charge in [0.05, 0.1) is 0 Å². The molecule has 0 saturated heterocycles. The molecule has 2 aromatic carbocycles. The van der Waals surface area contributed by atoms with Crippen molar-refractivity contribution in [2.75, 3.05) is 10.6 Å². The normalized spacial score (nSPS) is 11.2. The third kappa shape index (κ3) is 5.15. The Morgan fingerprint density at radius 1 is 1.06 bits per heavy atom. The molecule has 33 heavy (non-hydrogen) atoms. The second kappa shape index (κ2) is 9.07. The van der Waals surface area contributed by atoms with E-state index < -0.39 is 11.8 Å². The molecule has 0 saturated carbocycles. The Morgan fingerprint density at radius 2 is 1.88 bits per heavy atom. The Bertz CT molecular complexity index is 1270. The molecule has 168 valence electrons. The molecule has 2 N–H and O–H groups in total. The number of urea groups is 1. The summed E-state index contributed by atoms with van der Waals surface area (Å²) in [5.41, 5.74) is 1.74. The Hall–Kier alpha value is -4.27. The smallest absolute Gasteiger partial charge is 0.323 e. The molecule has 4 rings (SSSR count). The highest BCUT2D eigenvalue weighted by molar-refractivity contribution is 6.00. The number of ether oxygens (including phenoxy) is 1. The zero-order valence-corrected chi connectivity index (χ0v) is 18.4. The van der Waals surface area contributed by atoms with Gasteiger partial charge in [-0.15, -0.1) is 0 Å². The van der Waals surface area contributed by atoms with Crippen LogP contribution < -0.4 is 15.4 Å². The van der Waals surface area contributed by atoms with Crippen LogP contribution in [0.1, 0.15) is 26.3 Å². The minimum atomic E-state index is -0.565. The van der Waals surface area contributed by atoms with Gasteiger partial charge in [0.15, 0.2) is 5.82 Å². The second-order valence-corrected chi connectivity index (χ2v) is 8.29. The molecule has 0 spiro atoms. The number of para-hydroxylation sites is 1. The molecule has 0 bridgehead atoms. The lowest BCUT2D eigenvalue weighted by molar-refractivity contribution is 0.262. The van der Waals surface area contributed by atoms with E-state index in [-0.39, 0.29) is 22.7 Å². The van der Waals surface area contributed by atoms with Crippen molar-refractivity contribution in [3.63, 3.8) is 0 Å². The van der Waals surface area contributed by atoms with Crippen LogP contribution in [0.4, 0.5) is 20.6 Å². The third-order valence-corrected chi connectivity index (χ3v) is 4.79. The van der Waals surface area contributed by atoms with Gasteiger partial charge in [0.1, 0.15) is 29.8 Å². The zero-order valence-electron chi connectivity index (χ0n) is 18.4. The van der Waals surface area contributed by atoms with Gasteiger partial charge in [0.2, 0.25) is 5.88 Å². The topological polar surface area (TPSA) is 94.0 Å². The van der Waals surface area contributed by atoms with E-state index in [1.165, 1.54) is 29.5 Å². The Labute approximate surface area is 190 Å². The number of carbonyl (C=O) groups is 1. The summed E-state index contributed by atoms with van der Waals surface area (Å²) in [7, 11) is 0. The van der Waals surface area contributed by atoms with Gasteiger partial charge in [-0.05, 0) is 41.8 Å². The molecular formula is C24H23FN6O2. The van der Waals surface area contributed by atoms with Crippen LogP contribution in [0.15, 0.2) is 73.4 Å². The van der Waals surface area contributed by atoms with Crippen molar-refractivity contribution in [1.29, 1.82) is 0 Å². The van der Waals surface area contributed by atoms with Gasteiger partial charge in [0, 0.05) is 17.4 Å². The predicted octanol–water partition coefficient (Wildman–Crippen LogP) is 5.54. The standard InChI is InChI=1S/C24H23FN6O2/c1-24(2,3)17-7-4-5-9-21(17)33-22-19(8-6-12-27-22)30-23(32)29-16-10-11-20(18(25)13-16)31-15-26-14-28-31/h4-15H,1-3H3,(H2,29,30,32). The molecule has 4 aromatic rings. The summed E-state index contributed by atoms with van der Waals surface area (Å²) in [5.74, 6) is 0.345. The van der Waals surface area contributed by atoms with Crippen LogP contribution >= 0.6 is 0 Å². The zero-order chi connectivity index (χ0) is 23.4. The number of aromatic nitrogens is 4. The highest BCUT2D eigenvalue weighted by Crippen LogP contribution is 2.35. The number of hydrogen-bond donors (Lipinski definition) is 2. The van der Waals surface area contributed by atoms with Gasteiger partial charge in [-0.25, -0.2) is 23.8 Å². The lowest BCUT2D eigenvalue weighted by Gasteiger charge is -2.22. The van der Waals surface area contributed by atoms with E-state index in [4.69, 9.17) is 4.74 Å². The maximum atomic E-state index is 14.4. The maximum absolute atomic E-state index is 14.4. The molecule has 2 heterocycles. The molecule has 0 aliphatic rings. The van der Waals surface area contributed by atoms with Gasteiger partial charge < -0.3 is 15.4 Å². The number of pyridine rings is 1. The first kappa shape index (κ1) is 21.9. The van der Waals surface area contributed by atoms with E-state index in [2.05, 4.69) is 46.5 Å². The number of nitrogens with zero attached hydrogens (tertiary/aromatic N) is 4. The number of nitrogens with one attached hydrogen (secondary N) is 2. The highest BCUT2D eigenvalue weighted by Gasteiger charge is 2.20. The summed E-state index contributed by atoms with van der Waals surface area (Å²) in [4.78, 5) is 20.7.